The molecule has 0 aliphatic carbocycles. The van der Waals surface area contributed by atoms with Crippen molar-refractivity contribution in [3.63, 3.8) is 0 Å². The van der Waals surface area contributed by atoms with Crippen LogP contribution >= 0.6 is 0 Å². The summed E-state index contributed by atoms with van der Waals surface area (Å²) in [5.74, 6) is 1.42. The number of aromatic nitrogens is 6. The summed E-state index contributed by atoms with van der Waals surface area (Å²) in [5, 5.41) is 9.55. The van der Waals surface area contributed by atoms with Crippen LogP contribution in [0.15, 0.2) is 73.2 Å². The van der Waals surface area contributed by atoms with Crippen LogP contribution in [0.2, 0.25) is 0 Å². The summed E-state index contributed by atoms with van der Waals surface area (Å²) in [5.41, 5.74) is 4.02. The number of rotatable bonds is 4. The van der Waals surface area contributed by atoms with E-state index in [0.717, 1.165) is 54.2 Å². The van der Waals surface area contributed by atoms with Gasteiger partial charge in [-0.2, -0.15) is 14.7 Å². The lowest BCUT2D eigenvalue weighted by Crippen LogP contribution is -2.31. The van der Waals surface area contributed by atoms with Gasteiger partial charge in [-0.05, 0) is 49.6 Å². The van der Waals surface area contributed by atoms with Crippen molar-refractivity contribution >= 4 is 11.5 Å². The van der Waals surface area contributed by atoms with Crippen LogP contribution in [0.1, 0.15) is 19.3 Å². The minimum atomic E-state index is -0.281. The summed E-state index contributed by atoms with van der Waals surface area (Å²) in [6, 6.07) is 16.2. The molecule has 1 aliphatic rings. The summed E-state index contributed by atoms with van der Waals surface area (Å²) in [7, 11) is 0. The van der Waals surface area contributed by atoms with Gasteiger partial charge in [0, 0.05) is 54.9 Å². The molecule has 8 heteroatoms. The maximum absolute atomic E-state index is 13.7. The van der Waals surface area contributed by atoms with Gasteiger partial charge < -0.3 is 4.90 Å². The molecule has 164 valence electrons. The number of fused-ring (bicyclic) bond motifs is 1. The Bertz CT molecular complexity index is 1420. The fourth-order valence-corrected chi connectivity index (χ4v) is 4.33. The van der Waals surface area contributed by atoms with Crippen molar-refractivity contribution in [3.05, 3.63) is 79.0 Å². The van der Waals surface area contributed by atoms with Gasteiger partial charge in [-0.3, -0.25) is 4.98 Å². The van der Waals surface area contributed by atoms with Gasteiger partial charge in [0.15, 0.2) is 11.5 Å². The van der Waals surface area contributed by atoms with Gasteiger partial charge in [0.2, 0.25) is 0 Å². The van der Waals surface area contributed by atoms with E-state index >= 15 is 0 Å². The van der Waals surface area contributed by atoms with Crippen molar-refractivity contribution < 1.29 is 4.39 Å². The Labute approximate surface area is 190 Å². The molecular weight excluding hydrogens is 417 g/mol. The van der Waals surface area contributed by atoms with Crippen LogP contribution in [0.4, 0.5) is 10.2 Å². The SMILES string of the molecule is Fc1cccc(-c2ccn(-c3cc(N4CCCCC4)n4nc(-c5ccncc5)cc4n3)n2)c1. The van der Waals surface area contributed by atoms with Crippen molar-refractivity contribution in [1.82, 2.24) is 29.4 Å². The molecule has 0 unspecified atom stereocenters. The van der Waals surface area contributed by atoms with Crippen LogP contribution in [0.5, 0.6) is 0 Å². The normalized spacial score (nSPS) is 14.2. The highest BCUT2D eigenvalue weighted by Gasteiger charge is 2.19. The van der Waals surface area contributed by atoms with Gasteiger partial charge in [-0.1, -0.05) is 12.1 Å². The molecule has 0 saturated carbocycles. The van der Waals surface area contributed by atoms with E-state index in [0.29, 0.717) is 11.5 Å². The zero-order chi connectivity index (χ0) is 22.2. The standard InChI is InChI=1S/C25H22FN7/c26-20-6-4-5-19(15-20)21-9-14-32(29-21)23-17-25(31-12-2-1-3-13-31)33-24(28-23)16-22(30-33)18-7-10-27-11-8-18/h4-11,14-17H,1-3,12-13H2. The first-order valence-corrected chi connectivity index (χ1v) is 11.1. The summed E-state index contributed by atoms with van der Waals surface area (Å²) >= 11 is 0. The lowest BCUT2D eigenvalue weighted by Gasteiger charge is -2.29. The number of hydrogen-bond donors (Lipinski definition) is 0. The molecular formula is C25H22FN7. The monoisotopic (exact) mass is 439 g/mol. The van der Waals surface area contributed by atoms with Crippen LogP contribution in [0.3, 0.4) is 0 Å². The maximum atomic E-state index is 13.7. The van der Waals surface area contributed by atoms with E-state index in [9.17, 15) is 4.39 Å². The van der Waals surface area contributed by atoms with E-state index in [4.69, 9.17) is 10.1 Å². The minimum absolute atomic E-state index is 0.281. The zero-order valence-corrected chi connectivity index (χ0v) is 18.0. The molecule has 33 heavy (non-hydrogen) atoms. The number of piperidine rings is 1. The van der Waals surface area contributed by atoms with Crippen molar-refractivity contribution in [3.8, 4) is 28.3 Å². The van der Waals surface area contributed by atoms with Gasteiger partial charge in [0.1, 0.15) is 11.6 Å². The van der Waals surface area contributed by atoms with Gasteiger partial charge in [-0.15, -0.1) is 0 Å². The zero-order valence-electron chi connectivity index (χ0n) is 18.0. The Balaban J connectivity index is 1.47. The predicted octanol–water partition coefficient (Wildman–Crippen LogP) is 4.77. The predicted molar refractivity (Wildman–Crippen MR) is 125 cm³/mol. The van der Waals surface area contributed by atoms with Crippen LogP contribution in [0.25, 0.3) is 34.0 Å². The van der Waals surface area contributed by atoms with Crippen molar-refractivity contribution in [2.45, 2.75) is 19.3 Å². The van der Waals surface area contributed by atoms with Crippen molar-refractivity contribution in [1.29, 1.82) is 0 Å². The molecule has 0 N–H and O–H groups in total. The second-order valence-electron chi connectivity index (χ2n) is 8.21. The fourth-order valence-electron chi connectivity index (χ4n) is 4.33. The molecule has 5 heterocycles. The average Bonchev–Trinajstić information content (AvgIpc) is 3.52. The lowest BCUT2D eigenvalue weighted by atomic mass is 10.1. The highest BCUT2D eigenvalue weighted by molar-refractivity contribution is 5.66. The highest BCUT2D eigenvalue weighted by Crippen LogP contribution is 2.27. The summed E-state index contributed by atoms with van der Waals surface area (Å²) in [6.07, 6.45) is 8.95. The van der Waals surface area contributed by atoms with Crippen LogP contribution in [-0.4, -0.2) is 42.5 Å². The number of halogens is 1. The maximum Gasteiger partial charge on any atom is 0.160 e. The van der Waals surface area contributed by atoms with E-state index in [1.165, 1.54) is 18.6 Å². The molecule has 5 aromatic rings. The van der Waals surface area contributed by atoms with Gasteiger partial charge in [0.25, 0.3) is 0 Å². The molecule has 0 bridgehead atoms. The molecule has 0 atom stereocenters. The summed E-state index contributed by atoms with van der Waals surface area (Å²) in [4.78, 5) is 11.3. The molecule has 0 amide bonds. The number of benzene rings is 1. The van der Waals surface area contributed by atoms with Crippen LogP contribution in [-0.2, 0) is 0 Å². The van der Waals surface area contributed by atoms with E-state index in [2.05, 4.69) is 15.0 Å². The smallest absolute Gasteiger partial charge is 0.160 e. The average molecular weight is 439 g/mol. The molecule has 0 spiro atoms. The Morgan fingerprint density at radius 2 is 1.64 bits per heavy atom. The third-order valence-corrected chi connectivity index (χ3v) is 6.00. The van der Waals surface area contributed by atoms with E-state index in [1.807, 2.05) is 47.1 Å². The van der Waals surface area contributed by atoms with Gasteiger partial charge >= 0.3 is 0 Å². The van der Waals surface area contributed by atoms with Crippen LogP contribution < -0.4 is 4.90 Å². The van der Waals surface area contributed by atoms with Crippen molar-refractivity contribution in [2.75, 3.05) is 18.0 Å². The first-order valence-electron chi connectivity index (χ1n) is 11.1. The molecule has 1 saturated heterocycles. The van der Waals surface area contributed by atoms with Crippen molar-refractivity contribution in [2.24, 2.45) is 0 Å². The number of hydrogen-bond acceptors (Lipinski definition) is 5. The quantitative estimate of drug-likeness (QED) is 0.404. The topological polar surface area (TPSA) is 64.1 Å². The first-order chi connectivity index (χ1) is 16.2. The Hall–Kier alpha value is -4.07. The van der Waals surface area contributed by atoms with E-state index in [-0.39, 0.29) is 5.82 Å². The molecule has 1 fully saturated rings. The summed E-state index contributed by atoms with van der Waals surface area (Å²) in [6.45, 7) is 1.97. The largest absolute Gasteiger partial charge is 0.356 e. The fraction of sp³-hybridized carbons (Fsp3) is 0.200. The lowest BCUT2D eigenvalue weighted by molar-refractivity contribution is 0.568. The Morgan fingerprint density at radius 1 is 0.788 bits per heavy atom. The number of anilines is 1. The molecule has 7 nitrogen and oxygen atoms in total. The molecule has 0 radical (unpaired) electrons. The van der Waals surface area contributed by atoms with Gasteiger partial charge in [-0.25, -0.2) is 14.1 Å². The van der Waals surface area contributed by atoms with E-state index in [1.54, 1.807) is 23.1 Å². The third-order valence-electron chi connectivity index (χ3n) is 6.00. The molecule has 6 rings (SSSR count). The number of nitrogens with zero attached hydrogens (tertiary/aromatic N) is 7. The highest BCUT2D eigenvalue weighted by atomic mass is 19.1. The second-order valence-corrected chi connectivity index (χ2v) is 8.21. The first kappa shape index (κ1) is 19.6. The van der Waals surface area contributed by atoms with Gasteiger partial charge in [0.05, 0.1) is 11.4 Å². The second kappa shape index (κ2) is 8.12. The molecule has 4 aromatic heterocycles. The Kier molecular flexibility index (Phi) is 4.83. The summed E-state index contributed by atoms with van der Waals surface area (Å²) < 4.78 is 17.4. The molecule has 1 aromatic carbocycles. The minimum Gasteiger partial charge on any atom is -0.356 e. The molecule has 1 aliphatic heterocycles. The van der Waals surface area contributed by atoms with E-state index < -0.39 is 0 Å². The number of pyridine rings is 1. The van der Waals surface area contributed by atoms with Crippen LogP contribution in [0, 0.1) is 5.82 Å². The third kappa shape index (κ3) is 3.73. The Morgan fingerprint density at radius 3 is 2.45 bits per heavy atom.